The molecule has 0 unspecified atom stereocenters. The van der Waals surface area contributed by atoms with Gasteiger partial charge in [-0.3, -0.25) is 4.79 Å². The number of anilines is 1. The first-order valence-electron chi connectivity index (χ1n) is 7.91. The van der Waals surface area contributed by atoms with Crippen LogP contribution in [-0.4, -0.2) is 17.6 Å². The third-order valence-corrected chi connectivity index (χ3v) is 3.81. The first-order chi connectivity index (χ1) is 12.0. The quantitative estimate of drug-likeness (QED) is 0.640. The van der Waals surface area contributed by atoms with Gasteiger partial charge in [0.15, 0.2) is 11.5 Å². The normalized spacial score (nSPS) is 10.9. The largest absolute Gasteiger partial charge is 0.504 e. The summed E-state index contributed by atoms with van der Waals surface area (Å²) >= 11 is 0. The van der Waals surface area contributed by atoms with Gasteiger partial charge in [0, 0.05) is 5.69 Å². The van der Waals surface area contributed by atoms with Gasteiger partial charge in [-0.1, -0.05) is 18.2 Å². The first kappa shape index (κ1) is 18.1. The number of phenols is 1. The number of nitrogens with one attached hydrogen (secondary N) is 1. The number of hydrogen-bond acceptors (Lipinski definition) is 4. The number of ether oxygens (including phenoxy) is 1. The van der Waals surface area contributed by atoms with Gasteiger partial charge in [0.2, 0.25) is 0 Å². The summed E-state index contributed by atoms with van der Waals surface area (Å²) in [6.07, 6.45) is 1.46. The molecule has 0 atom stereocenters. The van der Waals surface area contributed by atoms with Crippen LogP contribution in [0.3, 0.4) is 0 Å². The van der Waals surface area contributed by atoms with Gasteiger partial charge in [-0.25, -0.2) is 0 Å². The minimum Gasteiger partial charge on any atom is -0.504 e. The second kappa shape index (κ2) is 8.02. The van der Waals surface area contributed by atoms with E-state index in [0.29, 0.717) is 23.6 Å². The molecule has 2 aromatic rings. The Morgan fingerprint density at radius 3 is 2.76 bits per heavy atom. The summed E-state index contributed by atoms with van der Waals surface area (Å²) in [6.45, 7) is 6.08. The maximum atomic E-state index is 12.4. The van der Waals surface area contributed by atoms with E-state index in [-0.39, 0.29) is 11.3 Å². The lowest BCUT2D eigenvalue weighted by atomic mass is 10.1. The molecule has 0 bridgehead atoms. The number of rotatable bonds is 5. The smallest absolute Gasteiger partial charge is 0.266 e. The van der Waals surface area contributed by atoms with Crippen LogP contribution in [0, 0.1) is 25.2 Å². The minimum atomic E-state index is -0.484. The number of nitriles is 1. The number of carbonyl (C=O) groups is 1. The summed E-state index contributed by atoms with van der Waals surface area (Å²) in [4.78, 5) is 12.4. The molecule has 2 rings (SSSR count). The zero-order chi connectivity index (χ0) is 18.4. The van der Waals surface area contributed by atoms with E-state index in [0.717, 1.165) is 11.1 Å². The van der Waals surface area contributed by atoms with Gasteiger partial charge in [0.1, 0.15) is 11.6 Å². The summed E-state index contributed by atoms with van der Waals surface area (Å²) < 4.78 is 5.31. The topological polar surface area (TPSA) is 82.3 Å². The van der Waals surface area contributed by atoms with Crippen LogP contribution in [0.1, 0.15) is 23.6 Å². The Bertz CT molecular complexity index is 864. The molecule has 0 aromatic heterocycles. The highest BCUT2D eigenvalue weighted by Gasteiger charge is 2.12. The fourth-order valence-electron chi connectivity index (χ4n) is 2.28. The van der Waals surface area contributed by atoms with Gasteiger partial charge in [-0.15, -0.1) is 0 Å². The first-order valence-corrected chi connectivity index (χ1v) is 7.91. The van der Waals surface area contributed by atoms with Crippen molar-refractivity contribution in [3.63, 3.8) is 0 Å². The van der Waals surface area contributed by atoms with E-state index < -0.39 is 5.91 Å². The standard InChI is InChI=1S/C20H20N2O3/c1-4-25-19-11-15(8-9-18(19)23)10-16(12-21)20(24)22-17-7-5-6-13(2)14(17)3/h5-11,23H,4H2,1-3H3,(H,22,24)/b16-10+. The Hall–Kier alpha value is -3.26. The Morgan fingerprint density at radius 1 is 1.32 bits per heavy atom. The predicted molar refractivity (Wildman–Crippen MR) is 97.4 cm³/mol. The Labute approximate surface area is 147 Å². The van der Waals surface area contributed by atoms with Crippen molar-refractivity contribution in [3.05, 3.63) is 58.7 Å². The summed E-state index contributed by atoms with van der Waals surface area (Å²) in [5.41, 5.74) is 3.24. The second-order valence-electron chi connectivity index (χ2n) is 5.53. The van der Waals surface area contributed by atoms with Crippen molar-refractivity contribution >= 4 is 17.7 Å². The fourth-order valence-corrected chi connectivity index (χ4v) is 2.28. The molecule has 0 saturated carbocycles. The number of nitrogens with zero attached hydrogens (tertiary/aromatic N) is 1. The Balaban J connectivity index is 2.28. The number of hydrogen-bond donors (Lipinski definition) is 2. The van der Waals surface area contributed by atoms with Crippen molar-refractivity contribution < 1.29 is 14.6 Å². The molecule has 0 spiro atoms. The second-order valence-corrected chi connectivity index (χ2v) is 5.53. The van der Waals surface area contributed by atoms with Crippen molar-refractivity contribution in [3.8, 4) is 17.6 Å². The molecular formula is C20H20N2O3. The van der Waals surface area contributed by atoms with Crippen LogP contribution in [0.5, 0.6) is 11.5 Å². The van der Waals surface area contributed by atoms with E-state index in [1.54, 1.807) is 25.1 Å². The zero-order valence-corrected chi connectivity index (χ0v) is 14.5. The monoisotopic (exact) mass is 336 g/mol. The SMILES string of the molecule is CCOc1cc(/C=C(\C#N)C(=O)Nc2cccc(C)c2C)ccc1O. The third kappa shape index (κ3) is 4.39. The molecule has 5 nitrogen and oxygen atoms in total. The van der Waals surface area contributed by atoms with E-state index in [1.165, 1.54) is 12.1 Å². The number of amides is 1. The van der Waals surface area contributed by atoms with Crippen molar-refractivity contribution in [1.29, 1.82) is 5.26 Å². The van der Waals surface area contributed by atoms with Crippen molar-refractivity contribution in [2.45, 2.75) is 20.8 Å². The number of aromatic hydroxyl groups is 1. The highest BCUT2D eigenvalue weighted by molar-refractivity contribution is 6.10. The summed E-state index contributed by atoms with van der Waals surface area (Å²) in [5, 5.41) is 21.8. The Kier molecular flexibility index (Phi) is 5.80. The van der Waals surface area contributed by atoms with Crippen LogP contribution in [0.25, 0.3) is 6.08 Å². The average molecular weight is 336 g/mol. The highest BCUT2D eigenvalue weighted by Crippen LogP contribution is 2.28. The molecule has 2 N–H and O–H groups in total. The molecule has 0 heterocycles. The summed E-state index contributed by atoms with van der Waals surface area (Å²) in [5.74, 6) is -0.164. The molecule has 0 radical (unpaired) electrons. The molecule has 0 aliphatic carbocycles. The number of carbonyl (C=O) groups excluding carboxylic acids is 1. The molecule has 128 valence electrons. The lowest BCUT2D eigenvalue weighted by molar-refractivity contribution is -0.112. The third-order valence-electron chi connectivity index (χ3n) is 3.81. The van der Waals surface area contributed by atoms with Gasteiger partial charge in [-0.05, 0) is 61.7 Å². The van der Waals surface area contributed by atoms with Crippen molar-refractivity contribution in [2.75, 3.05) is 11.9 Å². The minimum absolute atomic E-state index is 0.0114. The van der Waals surface area contributed by atoms with Gasteiger partial charge < -0.3 is 15.2 Å². The Morgan fingerprint density at radius 2 is 2.08 bits per heavy atom. The van der Waals surface area contributed by atoms with Crippen LogP contribution in [0.2, 0.25) is 0 Å². The summed E-state index contributed by atoms with van der Waals surface area (Å²) in [6, 6.07) is 12.2. The van der Waals surface area contributed by atoms with Gasteiger partial charge in [-0.2, -0.15) is 5.26 Å². The molecule has 5 heteroatoms. The van der Waals surface area contributed by atoms with Crippen LogP contribution in [0.4, 0.5) is 5.69 Å². The van der Waals surface area contributed by atoms with Gasteiger partial charge >= 0.3 is 0 Å². The van der Waals surface area contributed by atoms with E-state index in [1.807, 2.05) is 32.0 Å². The van der Waals surface area contributed by atoms with Crippen molar-refractivity contribution in [2.24, 2.45) is 0 Å². The molecular weight excluding hydrogens is 316 g/mol. The molecule has 1 amide bonds. The van der Waals surface area contributed by atoms with Crippen LogP contribution in [-0.2, 0) is 4.79 Å². The highest BCUT2D eigenvalue weighted by atomic mass is 16.5. The molecule has 0 fully saturated rings. The molecule has 0 saturated heterocycles. The zero-order valence-electron chi connectivity index (χ0n) is 14.5. The van der Waals surface area contributed by atoms with E-state index in [9.17, 15) is 15.2 Å². The van der Waals surface area contributed by atoms with Crippen LogP contribution < -0.4 is 10.1 Å². The average Bonchev–Trinajstić information content (AvgIpc) is 2.59. The van der Waals surface area contributed by atoms with E-state index >= 15 is 0 Å². The van der Waals surface area contributed by atoms with Crippen LogP contribution >= 0.6 is 0 Å². The lowest BCUT2D eigenvalue weighted by Gasteiger charge is -2.10. The van der Waals surface area contributed by atoms with Gasteiger partial charge in [0.25, 0.3) is 5.91 Å². The maximum Gasteiger partial charge on any atom is 0.266 e. The summed E-state index contributed by atoms with van der Waals surface area (Å²) in [7, 11) is 0. The predicted octanol–water partition coefficient (Wildman–Crippen LogP) is 3.95. The fraction of sp³-hybridized carbons (Fsp3) is 0.200. The number of phenolic OH excluding ortho intramolecular Hbond substituents is 1. The molecule has 25 heavy (non-hydrogen) atoms. The maximum absolute atomic E-state index is 12.4. The molecule has 2 aromatic carbocycles. The van der Waals surface area contributed by atoms with Crippen molar-refractivity contribution in [1.82, 2.24) is 0 Å². The lowest BCUT2D eigenvalue weighted by Crippen LogP contribution is -2.14. The van der Waals surface area contributed by atoms with Gasteiger partial charge in [0.05, 0.1) is 6.61 Å². The number of aryl methyl sites for hydroxylation is 1. The molecule has 0 aliphatic heterocycles. The molecule has 0 aliphatic rings. The van der Waals surface area contributed by atoms with E-state index in [4.69, 9.17) is 4.74 Å². The van der Waals surface area contributed by atoms with E-state index in [2.05, 4.69) is 5.32 Å². The number of benzene rings is 2. The van der Waals surface area contributed by atoms with Crippen LogP contribution in [0.15, 0.2) is 42.0 Å².